The molecular formula is C20H22N4O4. The topological polar surface area (TPSA) is 96.8 Å². The Labute approximate surface area is 162 Å². The predicted octanol–water partition coefficient (Wildman–Crippen LogP) is 1.04. The van der Waals surface area contributed by atoms with Gasteiger partial charge in [-0.3, -0.25) is 4.79 Å². The van der Waals surface area contributed by atoms with Gasteiger partial charge in [-0.2, -0.15) is 0 Å². The molecule has 8 heteroatoms. The SMILES string of the molecule is O=C1NCCc2c1nc(Cc1ccc3c(c1)OCO3)nc2N1CCC(O)CC1. The van der Waals surface area contributed by atoms with E-state index in [2.05, 4.69) is 15.2 Å². The summed E-state index contributed by atoms with van der Waals surface area (Å²) in [5, 5.41) is 12.7. The molecule has 1 amide bonds. The number of carbonyl (C=O) groups is 1. The van der Waals surface area contributed by atoms with Crippen LogP contribution >= 0.6 is 0 Å². The van der Waals surface area contributed by atoms with E-state index < -0.39 is 0 Å². The number of nitrogens with one attached hydrogen (secondary N) is 1. The van der Waals surface area contributed by atoms with Gasteiger partial charge in [0, 0.05) is 31.6 Å². The lowest BCUT2D eigenvalue weighted by Crippen LogP contribution is -2.40. The smallest absolute Gasteiger partial charge is 0.270 e. The Morgan fingerprint density at radius 3 is 2.86 bits per heavy atom. The second-order valence-corrected chi connectivity index (χ2v) is 7.38. The van der Waals surface area contributed by atoms with Crippen LogP contribution in [0.1, 0.15) is 40.3 Å². The maximum absolute atomic E-state index is 12.4. The van der Waals surface area contributed by atoms with Crippen molar-refractivity contribution in [3.05, 3.63) is 40.8 Å². The van der Waals surface area contributed by atoms with E-state index in [-0.39, 0.29) is 18.8 Å². The third-order valence-electron chi connectivity index (χ3n) is 5.47. The first kappa shape index (κ1) is 17.2. The quantitative estimate of drug-likeness (QED) is 0.819. The van der Waals surface area contributed by atoms with Gasteiger partial charge in [-0.25, -0.2) is 9.97 Å². The Balaban J connectivity index is 1.50. The number of fused-ring (bicyclic) bond motifs is 2. The van der Waals surface area contributed by atoms with Gasteiger partial charge in [0.25, 0.3) is 5.91 Å². The first-order valence-corrected chi connectivity index (χ1v) is 9.67. The highest BCUT2D eigenvalue weighted by molar-refractivity contribution is 5.96. The summed E-state index contributed by atoms with van der Waals surface area (Å²) in [5.41, 5.74) is 2.38. The summed E-state index contributed by atoms with van der Waals surface area (Å²) in [6.07, 6.45) is 2.39. The third-order valence-corrected chi connectivity index (χ3v) is 5.47. The standard InChI is InChI=1S/C20H22N4O4/c25-13-4-7-24(8-5-13)19-14-3-6-21-20(26)18(14)22-17(23-19)10-12-1-2-15-16(9-12)28-11-27-15/h1-2,9,13,25H,3-8,10-11H2,(H,21,26). The van der Waals surface area contributed by atoms with Crippen molar-refractivity contribution in [2.75, 3.05) is 31.3 Å². The van der Waals surface area contributed by atoms with E-state index in [9.17, 15) is 9.90 Å². The molecule has 1 aromatic carbocycles. The molecule has 0 atom stereocenters. The Kier molecular flexibility index (Phi) is 4.27. The zero-order valence-corrected chi connectivity index (χ0v) is 15.5. The highest BCUT2D eigenvalue weighted by Gasteiger charge is 2.28. The molecule has 2 aromatic rings. The minimum Gasteiger partial charge on any atom is -0.454 e. The number of hydrogen-bond donors (Lipinski definition) is 2. The molecule has 8 nitrogen and oxygen atoms in total. The molecule has 0 unspecified atom stereocenters. The number of aliphatic hydroxyl groups excluding tert-OH is 1. The van der Waals surface area contributed by atoms with Crippen molar-refractivity contribution in [3.8, 4) is 11.5 Å². The fourth-order valence-corrected chi connectivity index (χ4v) is 3.97. The summed E-state index contributed by atoms with van der Waals surface area (Å²) in [6, 6.07) is 5.78. The van der Waals surface area contributed by atoms with Crippen LogP contribution in [0, 0.1) is 0 Å². The summed E-state index contributed by atoms with van der Waals surface area (Å²) < 4.78 is 10.8. The van der Waals surface area contributed by atoms with Crippen LogP contribution in [-0.2, 0) is 12.8 Å². The molecule has 1 aromatic heterocycles. The largest absolute Gasteiger partial charge is 0.454 e. The maximum Gasteiger partial charge on any atom is 0.270 e. The Hall–Kier alpha value is -2.87. The zero-order valence-electron chi connectivity index (χ0n) is 15.5. The molecule has 2 N–H and O–H groups in total. The van der Waals surface area contributed by atoms with Crippen LogP contribution in [-0.4, -0.2) is 53.5 Å². The van der Waals surface area contributed by atoms with Crippen molar-refractivity contribution < 1.29 is 19.4 Å². The maximum atomic E-state index is 12.4. The number of piperidine rings is 1. The number of aliphatic hydroxyl groups is 1. The number of benzene rings is 1. The number of hydrogen-bond acceptors (Lipinski definition) is 7. The van der Waals surface area contributed by atoms with E-state index >= 15 is 0 Å². The van der Waals surface area contributed by atoms with Crippen LogP contribution in [0.5, 0.6) is 11.5 Å². The second kappa shape index (κ2) is 6.94. The van der Waals surface area contributed by atoms with Gasteiger partial charge in [-0.15, -0.1) is 0 Å². The number of anilines is 1. The van der Waals surface area contributed by atoms with Crippen molar-refractivity contribution in [2.24, 2.45) is 0 Å². The molecule has 0 bridgehead atoms. The van der Waals surface area contributed by atoms with Gasteiger partial charge in [-0.1, -0.05) is 6.07 Å². The molecule has 0 saturated carbocycles. The fraction of sp³-hybridized carbons (Fsp3) is 0.450. The van der Waals surface area contributed by atoms with E-state index in [0.29, 0.717) is 37.3 Å². The summed E-state index contributed by atoms with van der Waals surface area (Å²) >= 11 is 0. The van der Waals surface area contributed by atoms with Gasteiger partial charge in [0.15, 0.2) is 11.5 Å². The number of amides is 1. The molecular weight excluding hydrogens is 360 g/mol. The Bertz CT molecular complexity index is 925. The molecule has 0 aliphatic carbocycles. The van der Waals surface area contributed by atoms with Gasteiger partial charge in [0.05, 0.1) is 6.10 Å². The monoisotopic (exact) mass is 382 g/mol. The van der Waals surface area contributed by atoms with Gasteiger partial charge >= 0.3 is 0 Å². The lowest BCUT2D eigenvalue weighted by molar-refractivity contribution is 0.0939. The summed E-state index contributed by atoms with van der Waals surface area (Å²) in [4.78, 5) is 24.0. The van der Waals surface area contributed by atoms with Crippen LogP contribution in [0.15, 0.2) is 18.2 Å². The molecule has 0 spiro atoms. The molecule has 28 heavy (non-hydrogen) atoms. The fourth-order valence-electron chi connectivity index (χ4n) is 3.97. The Morgan fingerprint density at radius 1 is 1.18 bits per heavy atom. The van der Waals surface area contributed by atoms with Gasteiger partial charge in [0.2, 0.25) is 6.79 Å². The van der Waals surface area contributed by atoms with Crippen LogP contribution in [0.2, 0.25) is 0 Å². The van der Waals surface area contributed by atoms with Crippen molar-refractivity contribution in [2.45, 2.75) is 31.8 Å². The second-order valence-electron chi connectivity index (χ2n) is 7.38. The lowest BCUT2D eigenvalue weighted by Gasteiger charge is -2.33. The lowest BCUT2D eigenvalue weighted by atomic mass is 10.0. The number of rotatable bonds is 3. The average molecular weight is 382 g/mol. The zero-order chi connectivity index (χ0) is 19.1. The molecule has 3 aliphatic rings. The van der Waals surface area contributed by atoms with Crippen LogP contribution in [0.25, 0.3) is 0 Å². The minimum absolute atomic E-state index is 0.145. The van der Waals surface area contributed by atoms with Gasteiger partial charge in [0.1, 0.15) is 17.3 Å². The van der Waals surface area contributed by atoms with E-state index in [4.69, 9.17) is 14.5 Å². The molecule has 1 saturated heterocycles. The Morgan fingerprint density at radius 2 is 2.00 bits per heavy atom. The van der Waals surface area contributed by atoms with Crippen molar-refractivity contribution >= 4 is 11.7 Å². The van der Waals surface area contributed by atoms with E-state index in [0.717, 1.165) is 48.0 Å². The number of nitrogens with zero attached hydrogens (tertiary/aromatic N) is 3. The van der Waals surface area contributed by atoms with Gasteiger partial charge in [-0.05, 0) is 37.0 Å². The van der Waals surface area contributed by atoms with Crippen LogP contribution in [0.4, 0.5) is 5.82 Å². The van der Waals surface area contributed by atoms with Crippen molar-refractivity contribution in [1.82, 2.24) is 15.3 Å². The predicted molar refractivity (Wildman–Crippen MR) is 101 cm³/mol. The number of carbonyl (C=O) groups excluding carboxylic acids is 1. The van der Waals surface area contributed by atoms with Crippen LogP contribution < -0.4 is 19.7 Å². The number of ether oxygens (including phenoxy) is 2. The van der Waals surface area contributed by atoms with E-state index in [1.807, 2.05) is 18.2 Å². The van der Waals surface area contributed by atoms with Crippen molar-refractivity contribution in [1.29, 1.82) is 0 Å². The molecule has 4 heterocycles. The third kappa shape index (κ3) is 3.13. The highest BCUT2D eigenvalue weighted by atomic mass is 16.7. The van der Waals surface area contributed by atoms with Gasteiger partial charge < -0.3 is 24.8 Å². The highest BCUT2D eigenvalue weighted by Crippen LogP contribution is 2.33. The molecule has 146 valence electrons. The molecule has 3 aliphatic heterocycles. The summed E-state index contributed by atoms with van der Waals surface area (Å²) in [6.45, 7) is 2.30. The number of aromatic nitrogens is 2. The van der Waals surface area contributed by atoms with Crippen molar-refractivity contribution in [3.63, 3.8) is 0 Å². The van der Waals surface area contributed by atoms with E-state index in [1.165, 1.54) is 0 Å². The molecule has 0 radical (unpaired) electrons. The average Bonchev–Trinajstić information content (AvgIpc) is 3.17. The summed E-state index contributed by atoms with van der Waals surface area (Å²) in [7, 11) is 0. The summed E-state index contributed by atoms with van der Waals surface area (Å²) in [5.74, 6) is 2.76. The first-order chi connectivity index (χ1) is 13.7. The first-order valence-electron chi connectivity index (χ1n) is 9.67. The molecule has 1 fully saturated rings. The van der Waals surface area contributed by atoms with Crippen LogP contribution in [0.3, 0.4) is 0 Å². The molecule has 5 rings (SSSR count). The normalized spacial score (nSPS) is 18.8. The van der Waals surface area contributed by atoms with E-state index in [1.54, 1.807) is 0 Å². The minimum atomic E-state index is -0.259.